The second-order valence-corrected chi connectivity index (χ2v) is 7.90. The molecule has 1 N–H and O–H groups in total. The van der Waals surface area contributed by atoms with E-state index < -0.39 is 6.04 Å². The number of nitrogens with one attached hydrogen (secondary N) is 1. The van der Waals surface area contributed by atoms with E-state index in [1.165, 1.54) is 17.0 Å². The van der Waals surface area contributed by atoms with Crippen LogP contribution in [0.15, 0.2) is 60.7 Å². The Kier molecular flexibility index (Phi) is 5.31. The van der Waals surface area contributed by atoms with Gasteiger partial charge >= 0.3 is 0 Å². The summed E-state index contributed by atoms with van der Waals surface area (Å²) in [5.74, 6) is -0.962. The lowest BCUT2D eigenvalue weighted by atomic mass is 9.95. The van der Waals surface area contributed by atoms with Gasteiger partial charge in [-0.1, -0.05) is 35.9 Å². The van der Waals surface area contributed by atoms with Crippen molar-refractivity contribution in [1.29, 1.82) is 0 Å². The van der Waals surface area contributed by atoms with Crippen LogP contribution in [0.2, 0.25) is 5.02 Å². The molecule has 0 radical (unpaired) electrons. The Labute approximate surface area is 179 Å². The molecule has 0 bridgehead atoms. The summed E-state index contributed by atoms with van der Waals surface area (Å²) in [4.78, 5) is 27.7. The molecule has 0 aromatic heterocycles. The topological polar surface area (TPSA) is 49.4 Å². The highest BCUT2D eigenvalue weighted by Crippen LogP contribution is 2.38. The molecule has 0 fully saturated rings. The molecule has 6 heteroatoms. The molecule has 0 saturated heterocycles. The smallest absolute Gasteiger partial charge is 0.255 e. The molecule has 1 heterocycles. The van der Waals surface area contributed by atoms with Crippen LogP contribution < -0.4 is 5.32 Å². The third-order valence-electron chi connectivity index (χ3n) is 5.41. The van der Waals surface area contributed by atoms with E-state index in [0.717, 1.165) is 11.1 Å². The van der Waals surface area contributed by atoms with Crippen LogP contribution in [0.4, 0.5) is 10.1 Å². The second-order valence-electron chi connectivity index (χ2n) is 7.47. The largest absolute Gasteiger partial charge is 0.324 e. The average molecular weight is 423 g/mol. The van der Waals surface area contributed by atoms with E-state index in [4.69, 9.17) is 11.6 Å². The van der Waals surface area contributed by atoms with Crippen molar-refractivity contribution in [3.8, 4) is 0 Å². The molecule has 152 valence electrons. The molecule has 0 spiro atoms. The van der Waals surface area contributed by atoms with Gasteiger partial charge in [0.05, 0.1) is 6.04 Å². The van der Waals surface area contributed by atoms with Crippen molar-refractivity contribution in [2.75, 3.05) is 11.9 Å². The number of nitrogens with zero attached hydrogens (tertiary/aromatic N) is 1. The van der Waals surface area contributed by atoms with Crippen molar-refractivity contribution < 1.29 is 14.0 Å². The number of rotatable bonds is 2. The molecule has 3 aromatic carbocycles. The highest BCUT2D eigenvalue weighted by molar-refractivity contribution is 6.31. The van der Waals surface area contributed by atoms with Gasteiger partial charge < -0.3 is 10.2 Å². The van der Waals surface area contributed by atoms with Crippen LogP contribution in [0.3, 0.4) is 0 Å². The maximum Gasteiger partial charge on any atom is 0.255 e. The summed E-state index contributed by atoms with van der Waals surface area (Å²) in [6.07, 6.45) is 0. The van der Waals surface area contributed by atoms with E-state index in [9.17, 15) is 14.0 Å². The van der Waals surface area contributed by atoms with Gasteiger partial charge in [0.25, 0.3) is 5.91 Å². The van der Waals surface area contributed by atoms with Crippen molar-refractivity contribution >= 4 is 29.1 Å². The maximum atomic E-state index is 13.6. The van der Waals surface area contributed by atoms with Gasteiger partial charge in [0.1, 0.15) is 12.4 Å². The van der Waals surface area contributed by atoms with Gasteiger partial charge in [0, 0.05) is 21.8 Å². The van der Waals surface area contributed by atoms with Crippen LogP contribution >= 0.6 is 11.6 Å². The van der Waals surface area contributed by atoms with Crippen molar-refractivity contribution in [3.05, 3.63) is 99.3 Å². The molecule has 1 aliphatic heterocycles. The molecule has 1 aliphatic rings. The van der Waals surface area contributed by atoms with Gasteiger partial charge in [0.15, 0.2) is 0 Å². The Morgan fingerprint density at radius 2 is 1.77 bits per heavy atom. The lowest BCUT2D eigenvalue weighted by Gasteiger charge is -2.31. The molecular formula is C24H20ClFN2O2. The normalized spacial score (nSPS) is 15.9. The lowest BCUT2D eigenvalue weighted by Crippen LogP contribution is -2.39. The third kappa shape index (κ3) is 3.81. The molecule has 4 rings (SSSR count). The standard InChI is InChI=1S/C24H20ClFN2O2/c1-14-3-4-17(11-15(14)2)24(30)28-13-22(29)27-21-12-18(25)7-10-20(21)23(28)16-5-8-19(26)9-6-16/h3-12,23H,13H2,1-2H3,(H,27,29). The lowest BCUT2D eigenvalue weighted by molar-refractivity contribution is -0.117. The summed E-state index contributed by atoms with van der Waals surface area (Å²) in [7, 11) is 0. The second kappa shape index (κ2) is 7.92. The van der Waals surface area contributed by atoms with Gasteiger partial charge in [0.2, 0.25) is 5.91 Å². The van der Waals surface area contributed by atoms with Crippen LogP contribution in [0.5, 0.6) is 0 Å². The Morgan fingerprint density at radius 1 is 1.03 bits per heavy atom. The molecule has 1 atom stereocenters. The quantitative estimate of drug-likeness (QED) is 0.610. The maximum absolute atomic E-state index is 13.6. The van der Waals surface area contributed by atoms with Crippen molar-refractivity contribution in [1.82, 2.24) is 4.90 Å². The zero-order chi connectivity index (χ0) is 21.4. The Morgan fingerprint density at radius 3 is 2.47 bits per heavy atom. The zero-order valence-corrected chi connectivity index (χ0v) is 17.3. The first-order valence-corrected chi connectivity index (χ1v) is 9.94. The van der Waals surface area contributed by atoms with Gasteiger partial charge in [-0.15, -0.1) is 0 Å². The van der Waals surface area contributed by atoms with Crippen LogP contribution in [-0.4, -0.2) is 23.3 Å². The van der Waals surface area contributed by atoms with Gasteiger partial charge in [-0.3, -0.25) is 9.59 Å². The molecule has 0 aliphatic carbocycles. The third-order valence-corrected chi connectivity index (χ3v) is 5.65. The number of benzene rings is 3. The first-order valence-electron chi connectivity index (χ1n) is 9.56. The van der Waals surface area contributed by atoms with Crippen LogP contribution in [-0.2, 0) is 4.79 Å². The fourth-order valence-electron chi connectivity index (χ4n) is 3.71. The fraction of sp³-hybridized carbons (Fsp3) is 0.167. The fourth-order valence-corrected chi connectivity index (χ4v) is 3.88. The Bertz CT molecular complexity index is 1140. The van der Waals surface area contributed by atoms with E-state index in [0.29, 0.717) is 27.4 Å². The molecule has 1 unspecified atom stereocenters. The summed E-state index contributed by atoms with van der Waals surface area (Å²) in [5.41, 5.74) is 4.52. The summed E-state index contributed by atoms with van der Waals surface area (Å²) in [5, 5.41) is 3.31. The molecule has 3 aromatic rings. The number of carbonyl (C=O) groups excluding carboxylic acids is 2. The summed E-state index contributed by atoms with van der Waals surface area (Å²) in [6.45, 7) is 3.78. The minimum Gasteiger partial charge on any atom is -0.324 e. The SMILES string of the molecule is Cc1ccc(C(=O)N2CC(=O)Nc3cc(Cl)ccc3C2c2ccc(F)cc2)cc1C. The number of halogens is 2. The molecule has 30 heavy (non-hydrogen) atoms. The number of hydrogen-bond donors (Lipinski definition) is 1. The summed E-state index contributed by atoms with van der Waals surface area (Å²) >= 11 is 6.14. The van der Waals surface area contributed by atoms with Crippen LogP contribution in [0.1, 0.15) is 38.7 Å². The average Bonchev–Trinajstić information content (AvgIpc) is 2.85. The zero-order valence-electron chi connectivity index (χ0n) is 16.6. The molecule has 4 nitrogen and oxygen atoms in total. The van der Waals surface area contributed by atoms with Crippen LogP contribution in [0, 0.1) is 19.7 Å². The van der Waals surface area contributed by atoms with Crippen molar-refractivity contribution in [2.45, 2.75) is 19.9 Å². The van der Waals surface area contributed by atoms with E-state index in [-0.39, 0.29) is 24.2 Å². The highest BCUT2D eigenvalue weighted by Gasteiger charge is 2.34. The predicted octanol–water partition coefficient (Wildman–Crippen LogP) is 5.28. The summed E-state index contributed by atoms with van der Waals surface area (Å²) in [6, 6.07) is 16.0. The number of anilines is 1. The van der Waals surface area contributed by atoms with Crippen molar-refractivity contribution in [2.24, 2.45) is 0 Å². The predicted molar refractivity (Wildman–Crippen MR) is 115 cm³/mol. The van der Waals surface area contributed by atoms with E-state index >= 15 is 0 Å². The minimum atomic E-state index is -0.578. The van der Waals surface area contributed by atoms with E-state index in [1.807, 2.05) is 26.0 Å². The van der Waals surface area contributed by atoms with E-state index in [2.05, 4.69) is 5.32 Å². The number of hydrogen-bond acceptors (Lipinski definition) is 2. The van der Waals surface area contributed by atoms with Crippen molar-refractivity contribution in [3.63, 3.8) is 0 Å². The Balaban J connectivity index is 1.88. The van der Waals surface area contributed by atoms with Gasteiger partial charge in [-0.05, 0) is 66.9 Å². The highest BCUT2D eigenvalue weighted by atomic mass is 35.5. The Hall–Kier alpha value is -3.18. The molecule has 0 saturated carbocycles. The van der Waals surface area contributed by atoms with Crippen LogP contribution in [0.25, 0.3) is 0 Å². The number of fused-ring (bicyclic) bond motifs is 1. The first kappa shape index (κ1) is 20.1. The first-order chi connectivity index (χ1) is 14.3. The van der Waals surface area contributed by atoms with Gasteiger partial charge in [-0.25, -0.2) is 4.39 Å². The molecular weight excluding hydrogens is 403 g/mol. The minimum absolute atomic E-state index is 0.139. The number of carbonyl (C=O) groups is 2. The monoisotopic (exact) mass is 422 g/mol. The van der Waals surface area contributed by atoms with Gasteiger partial charge in [-0.2, -0.15) is 0 Å². The number of amides is 2. The molecule has 2 amide bonds. The number of aryl methyl sites for hydroxylation is 2. The van der Waals surface area contributed by atoms with E-state index in [1.54, 1.807) is 36.4 Å². The summed E-state index contributed by atoms with van der Waals surface area (Å²) < 4.78 is 13.6.